The Kier molecular flexibility index (Phi) is 6.00. The highest BCUT2D eigenvalue weighted by Crippen LogP contribution is 2.41. The number of carbonyl (C=O) groups excluding carboxylic acids is 1. The summed E-state index contributed by atoms with van der Waals surface area (Å²) in [5, 5.41) is 3.19. The molecule has 1 N–H and O–H groups in total. The van der Waals surface area contributed by atoms with Crippen LogP contribution in [-0.2, 0) is 10.5 Å². The van der Waals surface area contributed by atoms with E-state index < -0.39 is 0 Å². The van der Waals surface area contributed by atoms with Crippen LogP contribution in [0.1, 0.15) is 43.0 Å². The lowest BCUT2D eigenvalue weighted by Gasteiger charge is -2.38. The van der Waals surface area contributed by atoms with Gasteiger partial charge in [0.2, 0.25) is 5.91 Å². The highest BCUT2D eigenvalue weighted by atomic mass is 32.2. The van der Waals surface area contributed by atoms with Crippen LogP contribution < -0.4 is 14.8 Å². The van der Waals surface area contributed by atoms with Gasteiger partial charge < -0.3 is 14.8 Å². The van der Waals surface area contributed by atoms with E-state index >= 15 is 0 Å². The van der Waals surface area contributed by atoms with Crippen molar-refractivity contribution in [3.05, 3.63) is 59.2 Å². The summed E-state index contributed by atoms with van der Waals surface area (Å²) in [4.78, 5) is 12.6. The van der Waals surface area contributed by atoms with Gasteiger partial charge in [0, 0.05) is 17.7 Å². The summed E-state index contributed by atoms with van der Waals surface area (Å²) in [6.45, 7) is 6.20. The number of carbonyl (C=O) groups is 1. The fourth-order valence-electron chi connectivity index (χ4n) is 3.35. The van der Waals surface area contributed by atoms with Gasteiger partial charge in [-0.05, 0) is 50.1 Å². The summed E-state index contributed by atoms with van der Waals surface area (Å²) in [7, 11) is 1.64. The van der Waals surface area contributed by atoms with E-state index in [4.69, 9.17) is 9.47 Å². The van der Waals surface area contributed by atoms with Crippen LogP contribution >= 0.6 is 11.8 Å². The van der Waals surface area contributed by atoms with E-state index in [0.717, 1.165) is 29.2 Å². The van der Waals surface area contributed by atoms with Gasteiger partial charge >= 0.3 is 0 Å². The lowest BCUT2D eigenvalue weighted by Crippen LogP contribution is -2.41. The minimum absolute atomic E-state index is 0.0463. The van der Waals surface area contributed by atoms with Gasteiger partial charge in [-0.3, -0.25) is 4.79 Å². The summed E-state index contributed by atoms with van der Waals surface area (Å²) in [5.41, 5.74) is 3.19. The number of amides is 1. The number of hydrogen-bond donors (Lipinski definition) is 1. The van der Waals surface area contributed by atoms with Crippen LogP contribution in [0.25, 0.3) is 0 Å². The monoisotopic (exact) mass is 385 g/mol. The van der Waals surface area contributed by atoms with Gasteiger partial charge in [-0.15, -0.1) is 11.8 Å². The molecule has 0 aliphatic carbocycles. The van der Waals surface area contributed by atoms with Gasteiger partial charge in [-0.25, -0.2) is 0 Å². The van der Waals surface area contributed by atoms with Crippen molar-refractivity contribution in [2.45, 2.75) is 44.6 Å². The lowest BCUT2D eigenvalue weighted by molar-refractivity contribution is -0.119. The lowest BCUT2D eigenvalue weighted by atomic mass is 9.89. The zero-order valence-electron chi connectivity index (χ0n) is 16.4. The quantitative estimate of drug-likeness (QED) is 0.786. The Labute approximate surface area is 165 Å². The van der Waals surface area contributed by atoms with Crippen molar-refractivity contribution < 1.29 is 14.3 Å². The first kappa shape index (κ1) is 19.6. The Morgan fingerprint density at radius 1 is 1.30 bits per heavy atom. The van der Waals surface area contributed by atoms with E-state index in [0.29, 0.717) is 5.75 Å². The molecule has 0 fully saturated rings. The average molecular weight is 386 g/mol. The van der Waals surface area contributed by atoms with Crippen LogP contribution in [0.15, 0.2) is 42.5 Å². The maximum atomic E-state index is 12.6. The number of ether oxygens (including phenoxy) is 2. The Bertz CT molecular complexity index is 819. The number of methoxy groups -OCH3 is 1. The number of rotatable bonds is 6. The molecule has 3 rings (SSSR count). The number of aryl methyl sites for hydroxylation is 1. The summed E-state index contributed by atoms with van der Waals surface area (Å²) in [6, 6.07) is 14.0. The van der Waals surface area contributed by atoms with Crippen molar-refractivity contribution in [2.75, 3.05) is 12.9 Å². The van der Waals surface area contributed by atoms with Crippen LogP contribution in [0.3, 0.4) is 0 Å². The molecular weight excluding hydrogens is 358 g/mol. The molecule has 2 aromatic rings. The molecule has 1 unspecified atom stereocenters. The number of fused-ring (bicyclic) bond motifs is 1. The Morgan fingerprint density at radius 3 is 2.81 bits per heavy atom. The largest absolute Gasteiger partial charge is 0.497 e. The van der Waals surface area contributed by atoms with Gasteiger partial charge in [0.05, 0.1) is 18.9 Å². The van der Waals surface area contributed by atoms with Gasteiger partial charge in [0.1, 0.15) is 17.1 Å². The van der Waals surface area contributed by atoms with Crippen molar-refractivity contribution in [1.29, 1.82) is 0 Å². The number of hydrogen-bond acceptors (Lipinski definition) is 4. The van der Waals surface area contributed by atoms with E-state index in [-0.39, 0.29) is 17.6 Å². The van der Waals surface area contributed by atoms with Crippen LogP contribution in [-0.4, -0.2) is 24.4 Å². The number of benzene rings is 2. The summed E-state index contributed by atoms with van der Waals surface area (Å²) < 4.78 is 11.4. The van der Waals surface area contributed by atoms with E-state index in [1.54, 1.807) is 18.9 Å². The fourth-order valence-corrected chi connectivity index (χ4v) is 4.26. The Morgan fingerprint density at radius 2 is 2.07 bits per heavy atom. The molecule has 0 saturated heterocycles. The average Bonchev–Trinajstić information content (AvgIpc) is 2.62. The molecule has 5 heteroatoms. The van der Waals surface area contributed by atoms with Crippen molar-refractivity contribution in [1.82, 2.24) is 5.32 Å². The molecule has 4 nitrogen and oxygen atoms in total. The van der Waals surface area contributed by atoms with Gasteiger partial charge in [0.15, 0.2) is 0 Å². The zero-order chi connectivity index (χ0) is 19.4. The second-order valence-corrected chi connectivity index (χ2v) is 8.49. The molecule has 1 aliphatic heterocycles. The maximum absolute atomic E-state index is 12.6. The van der Waals surface area contributed by atoms with Crippen LogP contribution in [0.2, 0.25) is 0 Å². The Balaban J connectivity index is 1.64. The molecular formula is C22H27NO3S. The molecule has 1 heterocycles. The number of thioether (sulfide) groups is 1. The van der Waals surface area contributed by atoms with Crippen molar-refractivity contribution in [3.63, 3.8) is 0 Å². The normalized spacial score (nSPS) is 17.6. The second-order valence-electron chi connectivity index (χ2n) is 7.51. The maximum Gasteiger partial charge on any atom is 0.230 e. The third-order valence-corrected chi connectivity index (χ3v) is 5.74. The van der Waals surface area contributed by atoms with Gasteiger partial charge in [-0.2, -0.15) is 0 Å². The first-order valence-electron chi connectivity index (χ1n) is 9.16. The van der Waals surface area contributed by atoms with Crippen molar-refractivity contribution in [3.8, 4) is 11.5 Å². The molecule has 0 spiro atoms. The molecule has 0 aromatic heterocycles. The Hall–Kier alpha value is -2.14. The SMILES string of the molecule is COc1ccc2c(c1)C(NC(=O)CSCc1ccccc1C)CC(C)(C)O2. The molecule has 0 saturated carbocycles. The predicted octanol–water partition coefficient (Wildman–Crippen LogP) is 4.66. The smallest absolute Gasteiger partial charge is 0.230 e. The summed E-state index contributed by atoms with van der Waals surface area (Å²) in [5.74, 6) is 2.90. The molecule has 0 radical (unpaired) electrons. The fraction of sp³-hybridized carbons (Fsp3) is 0.409. The highest BCUT2D eigenvalue weighted by molar-refractivity contribution is 7.99. The van der Waals surface area contributed by atoms with E-state index in [2.05, 4.69) is 24.4 Å². The number of nitrogens with one attached hydrogen (secondary N) is 1. The molecule has 2 aromatic carbocycles. The molecule has 1 amide bonds. The summed E-state index contributed by atoms with van der Waals surface area (Å²) >= 11 is 1.64. The topological polar surface area (TPSA) is 47.6 Å². The minimum atomic E-state index is -0.326. The third kappa shape index (κ3) is 4.98. The second kappa shape index (κ2) is 8.26. The zero-order valence-corrected chi connectivity index (χ0v) is 17.2. The van der Waals surface area contributed by atoms with E-state index in [1.165, 1.54) is 11.1 Å². The summed E-state index contributed by atoms with van der Waals surface area (Å²) in [6.07, 6.45) is 0.724. The molecule has 1 aliphatic rings. The molecule has 144 valence electrons. The van der Waals surface area contributed by atoms with Crippen LogP contribution in [0.4, 0.5) is 0 Å². The third-order valence-electron chi connectivity index (χ3n) is 4.76. The van der Waals surface area contributed by atoms with Crippen LogP contribution in [0, 0.1) is 6.92 Å². The van der Waals surface area contributed by atoms with E-state index in [1.807, 2.05) is 44.2 Å². The molecule has 0 bridgehead atoms. The van der Waals surface area contributed by atoms with Crippen molar-refractivity contribution in [2.24, 2.45) is 0 Å². The molecule has 1 atom stereocenters. The standard InChI is InChI=1S/C22H27NO3S/c1-15-7-5-6-8-16(15)13-27-14-21(24)23-19-12-22(2,3)26-20-10-9-17(25-4)11-18(19)20/h5-11,19H,12-14H2,1-4H3,(H,23,24). The first-order chi connectivity index (χ1) is 12.9. The van der Waals surface area contributed by atoms with Gasteiger partial charge in [0.25, 0.3) is 0 Å². The minimum Gasteiger partial charge on any atom is -0.497 e. The first-order valence-corrected chi connectivity index (χ1v) is 10.3. The van der Waals surface area contributed by atoms with Crippen molar-refractivity contribution >= 4 is 17.7 Å². The van der Waals surface area contributed by atoms with Crippen LogP contribution in [0.5, 0.6) is 11.5 Å². The predicted molar refractivity (Wildman–Crippen MR) is 111 cm³/mol. The van der Waals surface area contributed by atoms with E-state index in [9.17, 15) is 4.79 Å². The highest BCUT2D eigenvalue weighted by Gasteiger charge is 2.34. The molecule has 27 heavy (non-hydrogen) atoms. The van der Waals surface area contributed by atoms with Gasteiger partial charge in [-0.1, -0.05) is 24.3 Å².